The van der Waals surface area contributed by atoms with Crippen LogP contribution in [0.1, 0.15) is 48.9 Å². The molecule has 10 nitrogen and oxygen atoms in total. The number of nitrogens with zero attached hydrogens (tertiary/aromatic N) is 2. The molecule has 6 rings (SSSR count). The molecule has 11 heteroatoms. The van der Waals surface area contributed by atoms with E-state index in [-0.39, 0.29) is 19.6 Å². The van der Waals surface area contributed by atoms with E-state index in [0.717, 1.165) is 5.56 Å². The monoisotopic (exact) mass is 711 g/mol. The summed E-state index contributed by atoms with van der Waals surface area (Å²) in [5.74, 6) is -3.75. The minimum absolute atomic E-state index is 0.0919. The number of carbonyl (C=O) groups is 4. The molecule has 7 atom stereocenters. The van der Waals surface area contributed by atoms with Crippen molar-refractivity contribution in [3.63, 3.8) is 0 Å². The van der Waals surface area contributed by atoms with Gasteiger partial charge in [0.1, 0.15) is 18.2 Å². The molecule has 51 heavy (non-hydrogen) atoms. The number of aliphatic hydroxyl groups is 1. The van der Waals surface area contributed by atoms with Crippen LogP contribution in [0.5, 0.6) is 0 Å². The lowest BCUT2D eigenvalue weighted by Gasteiger charge is -2.39. The summed E-state index contributed by atoms with van der Waals surface area (Å²) in [6.45, 7) is 7.02. The second-order valence-electron chi connectivity index (χ2n) is 13.1. The topological polar surface area (TPSA) is 125 Å². The van der Waals surface area contributed by atoms with E-state index in [1.165, 1.54) is 9.80 Å². The van der Waals surface area contributed by atoms with Crippen LogP contribution in [0, 0.1) is 11.8 Å². The molecule has 3 aliphatic heterocycles. The van der Waals surface area contributed by atoms with E-state index in [4.69, 9.17) is 21.1 Å². The van der Waals surface area contributed by atoms with Gasteiger partial charge < -0.3 is 29.7 Å². The fraction of sp³-hybridized carbons (Fsp3) is 0.350. The third-order valence-electron chi connectivity index (χ3n) is 10.2. The van der Waals surface area contributed by atoms with Crippen LogP contribution in [0.4, 0.5) is 5.69 Å². The molecule has 0 radical (unpaired) electrons. The number of hydrogen-bond acceptors (Lipinski definition) is 7. The first-order chi connectivity index (χ1) is 24.7. The highest BCUT2D eigenvalue weighted by Gasteiger charge is 2.75. The number of para-hydroxylation sites is 1. The summed E-state index contributed by atoms with van der Waals surface area (Å²) < 4.78 is 12.3. The van der Waals surface area contributed by atoms with E-state index < -0.39 is 72.0 Å². The lowest BCUT2D eigenvalue weighted by molar-refractivity contribution is -0.146. The number of carbonyl (C=O) groups excluding carboxylic acids is 4. The molecule has 3 aromatic rings. The van der Waals surface area contributed by atoms with Crippen LogP contribution >= 0.6 is 11.6 Å². The molecule has 2 bridgehead atoms. The Hall–Kier alpha value is -4.77. The molecule has 1 spiro atoms. The number of likely N-dealkylation sites (tertiary alicyclic amines) is 1. The van der Waals surface area contributed by atoms with Crippen molar-refractivity contribution < 1.29 is 33.8 Å². The summed E-state index contributed by atoms with van der Waals surface area (Å²) in [7, 11) is 0. The molecule has 266 valence electrons. The van der Waals surface area contributed by atoms with Crippen LogP contribution in [0.25, 0.3) is 0 Å². The zero-order valence-electron chi connectivity index (χ0n) is 28.2. The Morgan fingerprint density at radius 3 is 2.33 bits per heavy atom. The summed E-state index contributed by atoms with van der Waals surface area (Å²) in [6, 6.07) is 22.3. The molecule has 0 aliphatic carbocycles. The SMILES string of the molecule is C=CCCC(=O)OC[C@H](NC(=O)[C@@H]1[C@H]2C(=O)N([C@H](CO)c3ccccc3)[C@H](C(=O)N(CC=C)c3ccccc3Cl)[C@]23CC[C@H]1O3)c1ccccc1. The quantitative estimate of drug-likeness (QED) is 0.161. The van der Waals surface area contributed by atoms with Crippen molar-refractivity contribution in [3.8, 4) is 0 Å². The van der Waals surface area contributed by atoms with Crippen molar-refractivity contribution in [2.45, 2.75) is 55.5 Å². The fourth-order valence-electron chi connectivity index (χ4n) is 7.93. The zero-order valence-corrected chi connectivity index (χ0v) is 29.0. The van der Waals surface area contributed by atoms with Crippen molar-refractivity contribution in [2.24, 2.45) is 11.8 Å². The smallest absolute Gasteiger partial charge is 0.306 e. The predicted octanol–water partition coefficient (Wildman–Crippen LogP) is 5.33. The van der Waals surface area contributed by atoms with Crippen LogP contribution in [0.2, 0.25) is 5.02 Å². The standard InChI is InChI=1S/C40H42ClN3O7/c1-3-5-20-33(46)50-25-29(26-14-8-6-9-15-26)42-37(47)34-32-21-22-40(51-32)35(34)38(48)44(31(24-45)27-16-10-7-11-17-27)36(40)39(49)43(23-4-2)30-19-13-12-18-28(30)41/h3-4,6-19,29,31-32,34-36,45H,1-2,5,20-25H2,(H,42,47)/t29-,31+,32+,34-,35-,36+,40-/m0/s1. The lowest BCUT2D eigenvalue weighted by Crippen LogP contribution is -2.57. The van der Waals surface area contributed by atoms with Crippen molar-refractivity contribution in [3.05, 3.63) is 126 Å². The van der Waals surface area contributed by atoms with Gasteiger partial charge in [0.25, 0.3) is 5.91 Å². The Balaban J connectivity index is 1.38. The normalized spacial score (nSPS) is 24.4. The molecule has 3 heterocycles. The van der Waals surface area contributed by atoms with Gasteiger partial charge in [0.15, 0.2) is 0 Å². The average Bonchev–Trinajstić information content (AvgIpc) is 3.80. The minimum atomic E-state index is -1.36. The van der Waals surface area contributed by atoms with Gasteiger partial charge in [-0.1, -0.05) is 96.5 Å². The molecular formula is C40H42ClN3O7. The maximum atomic E-state index is 15.0. The first-order valence-electron chi connectivity index (χ1n) is 17.2. The van der Waals surface area contributed by atoms with Crippen LogP contribution in [0.15, 0.2) is 110 Å². The number of benzene rings is 3. The second-order valence-corrected chi connectivity index (χ2v) is 13.5. The van der Waals surface area contributed by atoms with Gasteiger partial charge >= 0.3 is 5.97 Å². The van der Waals surface area contributed by atoms with Crippen LogP contribution < -0.4 is 10.2 Å². The molecule has 3 saturated heterocycles. The third kappa shape index (κ3) is 6.83. The molecule has 0 unspecified atom stereocenters. The Bertz CT molecular complexity index is 1770. The Morgan fingerprint density at radius 1 is 1.02 bits per heavy atom. The number of rotatable bonds is 15. The number of halogens is 1. The maximum Gasteiger partial charge on any atom is 0.306 e. The summed E-state index contributed by atoms with van der Waals surface area (Å²) in [5, 5.41) is 14.2. The van der Waals surface area contributed by atoms with Gasteiger partial charge in [-0.25, -0.2) is 0 Å². The number of nitrogens with one attached hydrogen (secondary N) is 1. The summed E-state index contributed by atoms with van der Waals surface area (Å²) in [5.41, 5.74) is 0.432. The summed E-state index contributed by atoms with van der Waals surface area (Å²) in [4.78, 5) is 59.6. The first kappa shape index (κ1) is 36.0. The van der Waals surface area contributed by atoms with E-state index in [0.29, 0.717) is 35.5 Å². The molecule has 2 N–H and O–H groups in total. The highest BCUT2D eigenvalue weighted by Crippen LogP contribution is 2.60. The van der Waals surface area contributed by atoms with Crippen LogP contribution in [0.3, 0.4) is 0 Å². The minimum Gasteiger partial charge on any atom is -0.463 e. The average molecular weight is 712 g/mol. The predicted molar refractivity (Wildman–Crippen MR) is 192 cm³/mol. The van der Waals surface area contributed by atoms with E-state index in [2.05, 4.69) is 18.5 Å². The van der Waals surface area contributed by atoms with E-state index >= 15 is 0 Å². The Labute approximate surface area is 302 Å². The number of hydrogen-bond donors (Lipinski definition) is 2. The second kappa shape index (κ2) is 15.6. The van der Waals surface area contributed by atoms with Gasteiger partial charge in [0.2, 0.25) is 11.8 Å². The number of aliphatic hydroxyl groups excluding tert-OH is 1. The molecule has 3 aromatic carbocycles. The van der Waals surface area contributed by atoms with E-state index in [1.807, 2.05) is 36.4 Å². The first-order valence-corrected chi connectivity index (χ1v) is 17.6. The van der Waals surface area contributed by atoms with Gasteiger partial charge in [0.05, 0.1) is 47.3 Å². The van der Waals surface area contributed by atoms with Gasteiger partial charge in [0, 0.05) is 13.0 Å². The van der Waals surface area contributed by atoms with Crippen molar-refractivity contribution >= 4 is 41.0 Å². The molecule has 3 fully saturated rings. The number of amides is 3. The Kier molecular flexibility index (Phi) is 11.0. The molecule has 3 aliphatic rings. The zero-order chi connectivity index (χ0) is 36.1. The number of allylic oxidation sites excluding steroid dienone is 1. The molecule has 0 aromatic heterocycles. The van der Waals surface area contributed by atoms with E-state index in [1.54, 1.807) is 60.7 Å². The molecule has 0 saturated carbocycles. The number of anilines is 1. The highest BCUT2D eigenvalue weighted by atomic mass is 35.5. The van der Waals surface area contributed by atoms with Crippen molar-refractivity contribution in [1.82, 2.24) is 10.2 Å². The summed E-state index contributed by atoms with van der Waals surface area (Å²) >= 11 is 6.61. The molecular weight excluding hydrogens is 670 g/mol. The number of esters is 1. The van der Waals surface area contributed by atoms with Gasteiger partial charge in [-0.2, -0.15) is 0 Å². The lowest BCUT2D eigenvalue weighted by atomic mass is 9.70. The third-order valence-corrected chi connectivity index (χ3v) is 10.5. The largest absolute Gasteiger partial charge is 0.463 e. The van der Waals surface area contributed by atoms with Gasteiger partial charge in [-0.15, -0.1) is 13.2 Å². The van der Waals surface area contributed by atoms with Crippen molar-refractivity contribution in [1.29, 1.82) is 0 Å². The van der Waals surface area contributed by atoms with Crippen LogP contribution in [-0.4, -0.2) is 71.2 Å². The maximum absolute atomic E-state index is 15.0. The van der Waals surface area contributed by atoms with Gasteiger partial charge in [-0.3, -0.25) is 19.2 Å². The fourth-order valence-corrected chi connectivity index (χ4v) is 8.17. The Morgan fingerprint density at radius 2 is 1.69 bits per heavy atom. The van der Waals surface area contributed by atoms with Gasteiger partial charge in [-0.05, 0) is 42.5 Å². The number of ether oxygens (including phenoxy) is 2. The van der Waals surface area contributed by atoms with Crippen molar-refractivity contribution in [2.75, 3.05) is 24.7 Å². The summed E-state index contributed by atoms with van der Waals surface area (Å²) in [6.07, 6.45) is 3.98. The number of fused-ring (bicyclic) bond motifs is 1. The van der Waals surface area contributed by atoms with Crippen LogP contribution in [-0.2, 0) is 28.7 Å². The van der Waals surface area contributed by atoms with E-state index in [9.17, 15) is 24.3 Å². The highest BCUT2D eigenvalue weighted by molar-refractivity contribution is 6.34. The molecule has 3 amide bonds.